The van der Waals surface area contributed by atoms with Crippen LogP contribution >= 0.6 is 0 Å². The lowest BCUT2D eigenvalue weighted by Gasteiger charge is -2.14. The van der Waals surface area contributed by atoms with Crippen molar-refractivity contribution in [2.75, 3.05) is 7.11 Å². The van der Waals surface area contributed by atoms with Gasteiger partial charge in [-0.05, 0) is 42.7 Å². The van der Waals surface area contributed by atoms with Gasteiger partial charge in [-0.3, -0.25) is 9.78 Å². The maximum Gasteiger partial charge on any atom is 0.312 e. The van der Waals surface area contributed by atoms with Gasteiger partial charge in [0.25, 0.3) is 0 Å². The summed E-state index contributed by atoms with van der Waals surface area (Å²) in [6, 6.07) is 11.1. The summed E-state index contributed by atoms with van der Waals surface area (Å²) in [5.41, 5.74) is 2.42. The van der Waals surface area contributed by atoms with Crippen LogP contribution in [0.4, 0.5) is 0 Å². The third kappa shape index (κ3) is 3.15. The molecule has 0 fully saturated rings. The second-order valence-corrected chi connectivity index (χ2v) is 4.65. The van der Waals surface area contributed by atoms with Crippen LogP contribution in [0.3, 0.4) is 0 Å². The molecule has 20 heavy (non-hydrogen) atoms. The van der Waals surface area contributed by atoms with Crippen LogP contribution in [0, 0.1) is 6.92 Å². The molecule has 0 aliphatic heterocycles. The van der Waals surface area contributed by atoms with Crippen molar-refractivity contribution in [3.63, 3.8) is 0 Å². The van der Waals surface area contributed by atoms with Crippen molar-refractivity contribution in [1.29, 1.82) is 0 Å². The minimum Gasteiger partial charge on any atom is -0.497 e. The fraction of sp³-hybridized carbons (Fsp3) is 0.250. The standard InChI is InChI=1S/C16H17NO3/c1-11-5-4-8-17-15(11)14(16(18)19)10-12-6-3-7-13(9-12)20-2/h3-9,14H,10H2,1-2H3,(H,18,19). The first-order chi connectivity index (χ1) is 9.61. The van der Waals surface area contributed by atoms with Crippen LogP contribution in [0.2, 0.25) is 0 Å². The topological polar surface area (TPSA) is 59.4 Å². The summed E-state index contributed by atoms with van der Waals surface area (Å²) in [6.45, 7) is 1.88. The SMILES string of the molecule is COc1cccc(CC(C(=O)O)c2ncccc2C)c1. The molecular formula is C16H17NO3. The van der Waals surface area contributed by atoms with E-state index in [0.717, 1.165) is 16.9 Å². The van der Waals surface area contributed by atoms with Gasteiger partial charge in [-0.15, -0.1) is 0 Å². The maximum atomic E-state index is 11.5. The number of carbonyl (C=O) groups is 1. The van der Waals surface area contributed by atoms with Crippen LogP contribution in [-0.4, -0.2) is 23.2 Å². The van der Waals surface area contributed by atoms with Gasteiger partial charge >= 0.3 is 5.97 Å². The first-order valence-electron chi connectivity index (χ1n) is 6.39. The molecule has 1 N–H and O–H groups in total. The van der Waals surface area contributed by atoms with Crippen molar-refractivity contribution in [1.82, 2.24) is 4.98 Å². The molecule has 0 amide bonds. The Bertz CT molecular complexity index is 610. The number of nitrogens with zero attached hydrogens (tertiary/aromatic N) is 1. The van der Waals surface area contributed by atoms with Gasteiger partial charge in [0.05, 0.1) is 12.8 Å². The Morgan fingerprint density at radius 1 is 1.35 bits per heavy atom. The van der Waals surface area contributed by atoms with Crippen molar-refractivity contribution >= 4 is 5.97 Å². The van der Waals surface area contributed by atoms with Crippen LogP contribution < -0.4 is 4.74 Å². The summed E-state index contributed by atoms with van der Waals surface area (Å²) < 4.78 is 5.16. The molecule has 0 aliphatic carbocycles. The second kappa shape index (κ2) is 6.19. The summed E-state index contributed by atoms with van der Waals surface area (Å²) in [5, 5.41) is 9.47. The fourth-order valence-corrected chi connectivity index (χ4v) is 2.20. The Morgan fingerprint density at radius 3 is 2.80 bits per heavy atom. The zero-order chi connectivity index (χ0) is 14.5. The molecule has 2 aromatic rings. The molecule has 1 heterocycles. The summed E-state index contributed by atoms with van der Waals surface area (Å²) >= 11 is 0. The number of rotatable bonds is 5. The number of aromatic nitrogens is 1. The van der Waals surface area contributed by atoms with Crippen molar-refractivity contribution in [2.24, 2.45) is 0 Å². The van der Waals surface area contributed by atoms with E-state index in [9.17, 15) is 9.90 Å². The van der Waals surface area contributed by atoms with E-state index in [2.05, 4.69) is 4.98 Å². The van der Waals surface area contributed by atoms with Crippen molar-refractivity contribution < 1.29 is 14.6 Å². The van der Waals surface area contributed by atoms with Gasteiger partial charge in [0.15, 0.2) is 0 Å². The predicted molar refractivity (Wildman–Crippen MR) is 76.0 cm³/mol. The van der Waals surface area contributed by atoms with Crippen LogP contribution in [0.5, 0.6) is 5.75 Å². The summed E-state index contributed by atoms with van der Waals surface area (Å²) in [7, 11) is 1.59. The molecule has 0 spiro atoms. The Balaban J connectivity index is 2.31. The van der Waals surface area contributed by atoms with Crippen molar-refractivity contribution in [3.05, 3.63) is 59.4 Å². The van der Waals surface area contributed by atoms with E-state index >= 15 is 0 Å². The summed E-state index contributed by atoms with van der Waals surface area (Å²) in [5.74, 6) is -0.790. The van der Waals surface area contributed by atoms with E-state index in [0.29, 0.717) is 12.1 Å². The highest BCUT2D eigenvalue weighted by molar-refractivity contribution is 5.76. The Kier molecular flexibility index (Phi) is 4.35. The van der Waals surface area contributed by atoms with Gasteiger partial charge in [-0.1, -0.05) is 18.2 Å². The third-order valence-corrected chi connectivity index (χ3v) is 3.25. The molecule has 4 heteroatoms. The molecule has 1 unspecified atom stereocenters. The third-order valence-electron chi connectivity index (χ3n) is 3.25. The van der Waals surface area contributed by atoms with Crippen molar-refractivity contribution in [3.8, 4) is 5.75 Å². The van der Waals surface area contributed by atoms with Gasteiger partial charge in [0.1, 0.15) is 11.7 Å². The van der Waals surface area contributed by atoms with E-state index in [-0.39, 0.29) is 0 Å². The molecule has 0 saturated heterocycles. The van der Waals surface area contributed by atoms with Crippen LogP contribution in [0.1, 0.15) is 22.7 Å². The predicted octanol–water partition coefficient (Wildman–Crippen LogP) is 2.81. The van der Waals surface area contributed by atoms with E-state index in [1.807, 2.05) is 43.3 Å². The molecule has 0 radical (unpaired) electrons. The molecule has 0 saturated carbocycles. The lowest BCUT2D eigenvalue weighted by Crippen LogP contribution is -2.17. The maximum absolute atomic E-state index is 11.5. The van der Waals surface area contributed by atoms with E-state index in [1.165, 1.54) is 0 Å². The number of methoxy groups -OCH3 is 1. The van der Waals surface area contributed by atoms with E-state index in [4.69, 9.17) is 4.74 Å². The molecule has 2 rings (SSSR count). The Labute approximate surface area is 118 Å². The highest BCUT2D eigenvalue weighted by Crippen LogP contribution is 2.24. The van der Waals surface area contributed by atoms with Gasteiger partial charge in [0.2, 0.25) is 0 Å². The smallest absolute Gasteiger partial charge is 0.312 e. The average Bonchev–Trinajstić information content (AvgIpc) is 2.45. The van der Waals surface area contributed by atoms with Crippen LogP contribution in [0.15, 0.2) is 42.6 Å². The Morgan fingerprint density at radius 2 is 2.15 bits per heavy atom. The quantitative estimate of drug-likeness (QED) is 0.908. The second-order valence-electron chi connectivity index (χ2n) is 4.65. The normalized spacial score (nSPS) is 11.9. The first-order valence-corrected chi connectivity index (χ1v) is 6.39. The lowest BCUT2D eigenvalue weighted by molar-refractivity contribution is -0.138. The number of hydrogen-bond donors (Lipinski definition) is 1. The average molecular weight is 271 g/mol. The zero-order valence-corrected chi connectivity index (χ0v) is 11.5. The van der Waals surface area contributed by atoms with Crippen LogP contribution in [0.25, 0.3) is 0 Å². The summed E-state index contributed by atoms with van der Waals surface area (Å²) in [4.78, 5) is 15.8. The summed E-state index contributed by atoms with van der Waals surface area (Å²) in [6.07, 6.45) is 2.02. The fourth-order valence-electron chi connectivity index (χ4n) is 2.20. The zero-order valence-electron chi connectivity index (χ0n) is 11.5. The molecule has 104 valence electrons. The molecule has 0 bridgehead atoms. The number of aryl methyl sites for hydroxylation is 1. The first kappa shape index (κ1) is 14.1. The highest BCUT2D eigenvalue weighted by atomic mass is 16.5. The van der Waals surface area contributed by atoms with Crippen LogP contribution in [-0.2, 0) is 11.2 Å². The monoisotopic (exact) mass is 271 g/mol. The Hall–Kier alpha value is -2.36. The number of benzene rings is 1. The van der Waals surface area contributed by atoms with Gasteiger partial charge < -0.3 is 9.84 Å². The number of hydrogen-bond acceptors (Lipinski definition) is 3. The minimum absolute atomic E-state index is 0.393. The van der Waals surface area contributed by atoms with Gasteiger partial charge in [-0.25, -0.2) is 0 Å². The van der Waals surface area contributed by atoms with Gasteiger partial charge in [-0.2, -0.15) is 0 Å². The van der Waals surface area contributed by atoms with Gasteiger partial charge in [0, 0.05) is 6.20 Å². The number of aliphatic carboxylic acids is 1. The van der Waals surface area contributed by atoms with Crippen molar-refractivity contribution in [2.45, 2.75) is 19.3 Å². The number of carboxylic acid groups (broad SMARTS) is 1. The number of pyridine rings is 1. The molecule has 1 atom stereocenters. The molecule has 1 aromatic carbocycles. The van der Waals surface area contributed by atoms with E-state index in [1.54, 1.807) is 13.3 Å². The largest absolute Gasteiger partial charge is 0.497 e. The number of carboxylic acids is 1. The molecule has 0 aliphatic rings. The number of ether oxygens (including phenoxy) is 1. The van der Waals surface area contributed by atoms with E-state index < -0.39 is 11.9 Å². The molecule has 4 nitrogen and oxygen atoms in total. The highest BCUT2D eigenvalue weighted by Gasteiger charge is 2.23. The molecule has 1 aromatic heterocycles. The minimum atomic E-state index is -0.866. The lowest BCUT2D eigenvalue weighted by atomic mass is 9.93. The molecular weight excluding hydrogens is 254 g/mol.